The molecule has 0 spiro atoms. The zero-order valence-corrected chi connectivity index (χ0v) is 22.0. The summed E-state index contributed by atoms with van der Waals surface area (Å²) < 4.78 is 29.7. The van der Waals surface area contributed by atoms with Crippen LogP contribution in [0, 0.1) is 22.7 Å². The number of imidazole rings is 1. The van der Waals surface area contributed by atoms with Crippen LogP contribution in [0.4, 0.5) is 5.69 Å². The van der Waals surface area contributed by atoms with E-state index in [1.807, 2.05) is 42.5 Å². The van der Waals surface area contributed by atoms with Crippen LogP contribution < -0.4 is 4.90 Å². The number of sulfonamides is 1. The molecule has 0 unspecified atom stereocenters. The number of hydrogen-bond donors (Lipinski definition) is 1. The number of nitrogens with zero attached hydrogens (tertiary/aromatic N) is 5. The van der Waals surface area contributed by atoms with Gasteiger partial charge in [0.1, 0.15) is 0 Å². The summed E-state index contributed by atoms with van der Waals surface area (Å²) in [4.78, 5) is 9.48. The molecule has 1 aliphatic heterocycles. The van der Waals surface area contributed by atoms with Crippen LogP contribution in [-0.2, 0) is 29.5 Å². The van der Waals surface area contributed by atoms with Crippen molar-refractivity contribution in [1.29, 1.82) is 10.5 Å². The third kappa shape index (κ3) is 5.56. The highest BCUT2D eigenvalue weighted by molar-refractivity contribution is 7.89. The van der Waals surface area contributed by atoms with Crippen LogP contribution in [0.25, 0.3) is 0 Å². The van der Waals surface area contributed by atoms with Crippen LogP contribution in [0.15, 0.2) is 90.2 Å². The average Bonchev–Trinajstić information content (AvgIpc) is 3.39. The largest absolute Gasteiger partial charge is 0.364 e. The van der Waals surface area contributed by atoms with Crippen molar-refractivity contribution < 1.29 is 8.42 Å². The molecule has 38 heavy (non-hydrogen) atoms. The maximum Gasteiger partial charge on any atom is 0.243 e. The number of rotatable bonds is 6. The Morgan fingerprint density at radius 1 is 0.974 bits per heavy atom. The number of nitriles is 2. The highest BCUT2D eigenvalue weighted by Gasteiger charge is 2.36. The van der Waals surface area contributed by atoms with Gasteiger partial charge in [-0.1, -0.05) is 36.4 Å². The summed E-state index contributed by atoms with van der Waals surface area (Å²) in [6.45, 7) is 1.02. The average molecular weight is 545 g/mol. The highest BCUT2D eigenvalue weighted by Crippen LogP contribution is 2.33. The van der Waals surface area contributed by atoms with Gasteiger partial charge in [-0.15, -0.1) is 12.4 Å². The number of nitrogens with one attached hydrogen (secondary N) is 1. The molecule has 0 aliphatic carbocycles. The molecule has 0 saturated heterocycles. The minimum absolute atomic E-state index is 0. The molecule has 0 radical (unpaired) electrons. The summed E-state index contributed by atoms with van der Waals surface area (Å²) in [5.41, 5.74) is 4.27. The minimum Gasteiger partial charge on any atom is -0.364 e. The number of halogens is 1. The maximum atomic E-state index is 14.1. The van der Waals surface area contributed by atoms with E-state index in [1.54, 1.807) is 36.8 Å². The van der Waals surface area contributed by atoms with E-state index in [9.17, 15) is 18.9 Å². The van der Waals surface area contributed by atoms with Crippen molar-refractivity contribution in [2.24, 2.45) is 0 Å². The number of aromatic amines is 1. The molecule has 0 amide bonds. The summed E-state index contributed by atoms with van der Waals surface area (Å²) >= 11 is 0. The van der Waals surface area contributed by atoms with E-state index in [0.717, 1.165) is 22.5 Å². The Hall–Kier alpha value is -4.15. The first-order valence-corrected chi connectivity index (χ1v) is 13.2. The van der Waals surface area contributed by atoms with Crippen molar-refractivity contribution in [2.75, 3.05) is 11.4 Å². The zero-order valence-electron chi connectivity index (χ0n) is 20.4. The molecule has 192 valence electrons. The normalized spacial score (nSPS) is 15.4. The van der Waals surface area contributed by atoms with Gasteiger partial charge in [0.15, 0.2) is 0 Å². The first-order valence-electron chi connectivity index (χ1n) is 11.8. The van der Waals surface area contributed by atoms with Gasteiger partial charge in [-0.25, -0.2) is 13.4 Å². The summed E-state index contributed by atoms with van der Waals surface area (Å²) in [7, 11) is -3.98. The molecule has 4 aromatic rings. The van der Waals surface area contributed by atoms with E-state index < -0.39 is 16.1 Å². The van der Waals surface area contributed by atoms with Crippen LogP contribution >= 0.6 is 12.4 Å². The molecular weight excluding hydrogens is 520 g/mol. The van der Waals surface area contributed by atoms with Crippen molar-refractivity contribution >= 4 is 28.1 Å². The summed E-state index contributed by atoms with van der Waals surface area (Å²) in [6.07, 6.45) is 3.87. The molecule has 3 aromatic carbocycles. The maximum absolute atomic E-state index is 14.1. The second kappa shape index (κ2) is 11.5. The molecule has 10 heteroatoms. The number of fused-ring (bicyclic) bond motifs is 1. The molecule has 8 nitrogen and oxygen atoms in total. The monoisotopic (exact) mass is 544 g/mol. The van der Waals surface area contributed by atoms with Crippen molar-refractivity contribution in [2.45, 2.75) is 30.4 Å². The third-order valence-corrected chi connectivity index (χ3v) is 8.41. The van der Waals surface area contributed by atoms with Crippen LogP contribution in [0.3, 0.4) is 0 Å². The molecule has 0 fully saturated rings. The number of hydrogen-bond acceptors (Lipinski definition) is 6. The third-order valence-electron chi connectivity index (χ3n) is 6.51. The fourth-order valence-corrected chi connectivity index (χ4v) is 6.39. The lowest BCUT2D eigenvalue weighted by molar-refractivity contribution is 0.318. The Morgan fingerprint density at radius 3 is 2.45 bits per heavy atom. The topological polar surface area (TPSA) is 117 Å². The van der Waals surface area contributed by atoms with Crippen LogP contribution in [0.2, 0.25) is 0 Å². The molecule has 2 heterocycles. The lowest BCUT2D eigenvalue weighted by Crippen LogP contribution is -2.45. The lowest BCUT2D eigenvalue weighted by atomic mass is 10.1. The van der Waals surface area contributed by atoms with E-state index in [0.29, 0.717) is 25.1 Å². The van der Waals surface area contributed by atoms with Crippen LogP contribution in [0.5, 0.6) is 0 Å². The molecule has 0 bridgehead atoms. The number of H-pyrrole nitrogens is 1. The Morgan fingerprint density at radius 2 is 1.74 bits per heavy atom. The van der Waals surface area contributed by atoms with Gasteiger partial charge < -0.3 is 9.88 Å². The van der Waals surface area contributed by atoms with Gasteiger partial charge in [0.2, 0.25) is 10.0 Å². The van der Waals surface area contributed by atoms with E-state index in [2.05, 4.69) is 20.9 Å². The SMILES string of the molecule is Cl.N#Cc1cccc(S(=O)(=O)N2Cc3cc(C#N)ccc3N(Cc3cnc[nH]3)C[C@H]2Cc2ccccc2)c1. The van der Waals surface area contributed by atoms with Gasteiger partial charge in [0, 0.05) is 31.0 Å². The minimum atomic E-state index is -3.98. The molecular formula is C28H25ClN6O2S. The number of benzene rings is 3. The second-order valence-electron chi connectivity index (χ2n) is 8.95. The molecule has 0 saturated carbocycles. The summed E-state index contributed by atoms with van der Waals surface area (Å²) in [5, 5.41) is 18.9. The van der Waals surface area contributed by atoms with Gasteiger partial charge >= 0.3 is 0 Å². The van der Waals surface area contributed by atoms with Gasteiger partial charge in [-0.05, 0) is 53.9 Å². The highest BCUT2D eigenvalue weighted by atomic mass is 35.5. The fraction of sp³-hybridized carbons (Fsp3) is 0.179. The quantitative estimate of drug-likeness (QED) is 0.384. The first-order chi connectivity index (χ1) is 18.0. The molecule has 5 rings (SSSR count). The standard InChI is InChI=1S/C28H24N6O2S.ClH/c29-14-22-7-4-8-27(13-22)37(35,36)34-17-24-11-23(15-30)9-10-28(24)33(18-25-16-31-20-32-25)19-26(34)12-21-5-2-1-3-6-21;/h1-11,13,16,20,26H,12,17-19H2,(H,31,32);1H/t26-;/m1./s1. The van der Waals surface area contributed by atoms with E-state index in [-0.39, 0.29) is 29.4 Å². The smallest absolute Gasteiger partial charge is 0.243 e. The van der Waals surface area contributed by atoms with Crippen molar-refractivity contribution in [3.8, 4) is 12.1 Å². The molecule has 1 atom stereocenters. The lowest BCUT2D eigenvalue weighted by Gasteiger charge is -2.32. The van der Waals surface area contributed by atoms with Crippen molar-refractivity contribution in [1.82, 2.24) is 14.3 Å². The Bertz CT molecular complexity index is 1590. The number of anilines is 1. The van der Waals surface area contributed by atoms with Gasteiger partial charge in [-0.2, -0.15) is 14.8 Å². The van der Waals surface area contributed by atoms with Crippen molar-refractivity contribution in [3.63, 3.8) is 0 Å². The van der Waals surface area contributed by atoms with E-state index in [1.165, 1.54) is 16.4 Å². The molecule has 1 aromatic heterocycles. The predicted octanol–water partition coefficient (Wildman–Crippen LogP) is 4.40. The zero-order chi connectivity index (χ0) is 25.8. The summed E-state index contributed by atoms with van der Waals surface area (Å²) in [6, 6.07) is 25.1. The second-order valence-corrected chi connectivity index (χ2v) is 10.8. The van der Waals surface area contributed by atoms with Gasteiger partial charge in [0.05, 0.1) is 46.7 Å². The molecule has 1 aliphatic rings. The molecule has 1 N–H and O–H groups in total. The number of aromatic nitrogens is 2. The van der Waals surface area contributed by atoms with Crippen LogP contribution in [-0.4, -0.2) is 35.3 Å². The first kappa shape index (κ1) is 26.9. The van der Waals surface area contributed by atoms with E-state index in [4.69, 9.17) is 0 Å². The Labute approximate surface area is 228 Å². The summed E-state index contributed by atoms with van der Waals surface area (Å²) in [5.74, 6) is 0. The van der Waals surface area contributed by atoms with Gasteiger partial charge in [-0.3, -0.25) is 0 Å². The Kier molecular flexibility index (Phi) is 8.13. The van der Waals surface area contributed by atoms with Crippen molar-refractivity contribution in [3.05, 3.63) is 113 Å². The Balaban J connectivity index is 0.00000336. The fourth-order valence-electron chi connectivity index (χ4n) is 4.75. The predicted molar refractivity (Wildman–Crippen MR) is 146 cm³/mol. The van der Waals surface area contributed by atoms with E-state index >= 15 is 0 Å². The van der Waals surface area contributed by atoms with Crippen LogP contribution in [0.1, 0.15) is 27.9 Å². The van der Waals surface area contributed by atoms with Gasteiger partial charge in [0.25, 0.3) is 0 Å².